The molecular formula is C51H72F4N4O12S2. The maximum absolute atomic E-state index is 13.7. The lowest BCUT2D eigenvalue weighted by atomic mass is 9.93. The number of aliphatic hydroxyl groups is 4. The van der Waals surface area contributed by atoms with Gasteiger partial charge in [-0.2, -0.15) is 23.5 Å². The van der Waals surface area contributed by atoms with Gasteiger partial charge in [0, 0.05) is 63.4 Å². The number of carbonyl (C=O) groups is 4. The van der Waals surface area contributed by atoms with Gasteiger partial charge in [-0.3, -0.25) is 19.2 Å². The standard InChI is InChI=1S/C27H38F2N2O6S.C24H34F2N2O6S/c1-26(2,3)10-9-20-21(32)22(37-27(4,5)36-20)23(35-6)24(33)30-19-15-38-12-11-31(25(19)34)14-16-7-8-17(28)18(29)13-16;1-24(2,3)8-7-18(29)19(30)20(31)21(34-4)22(32)27-17-13-35-10-9-28(23(17)33)12-14-5-6-15(25)16(26)11-14/h7-10,13,19-23,32H,11-12,14-15H2,1-6H3,(H,30,33);5-8,11,17-21,29-31H,9-10,12-13H2,1-4H3,(H,27,32)/b10-9+;8-7+/t19?,20-,21+,22-,23-;17?,18-,19+,20-,21-/m11/s1. The molecule has 2 aromatic rings. The van der Waals surface area contributed by atoms with Crippen molar-refractivity contribution in [1.29, 1.82) is 0 Å². The molecule has 0 radical (unpaired) electrons. The number of methoxy groups -OCH3 is 2. The highest BCUT2D eigenvalue weighted by Gasteiger charge is 2.48. The average Bonchev–Trinajstić information content (AvgIpc) is 3.58. The van der Waals surface area contributed by atoms with Crippen LogP contribution in [0.25, 0.3) is 0 Å². The molecule has 2 unspecified atom stereocenters. The second-order valence-electron chi connectivity index (χ2n) is 20.6. The smallest absolute Gasteiger partial charge is 0.252 e. The molecular weight excluding hydrogens is 1000 g/mol. The molecule has 3 aliphatic heterocycles. The Morgan fingerprint density at radius 1 is 0.753 bits per heavy atom. The van der Waals surface area contributed by atoms with Crippen LogP contribution in [0.5, 0.6) is 0 Å². The third-order valence-corrected chi connectivity index (χ3v) is 13.7. The number of carbonyl (C=O) groups excluding carboxylic acids is 4. The molecule has 22 heteroatoms. The molecule has 0 bridgehead atoms. The van der Waals surface area contributed by atoms with Crippen LogP contribution in [-0.4, -0.2) is 171 Å². The molecule has 408 valence electrons. The van der Waals surface area contributed by atoms with Crippen molar-refractivity contribution in [3.05, 3.63) is 95.1 Å². The van der Waals surface area contributed by atoms with E-state index < -0.39 is 108 Å². The molecule has 4 amide bonds. The van der Waals surface area contributed by atoms with Gasteiger partial charge in [-0.05, 0) is 60.1 Å². The molecule has 0 aromatic heterocycles. The van der Waals surface area contributed by atoms with Crippen molar-refractivity contribution < 1.29 is 76.1 Å². The van der Waals surface area contributed by atoms with Crippen molar-refractivity contribution in [3.8, 4) is 0 Å². The molecule has 6 N–H and O–H groups in total. The molecule has 3 fully saturated rings. The summed E-state index contributed by atoms with van der Waals surface area (Å²) in [6.45, 7) is 15.9. The fourth-order valence-corrected chi connectivity index (χ4v) is 9.72. The fraction of sp³-hybridized carbons (Fsp3) is 0.608. The summed E-state index contributed by atoms with van der Waals surface area (Å²) < 4.78 is 76.2. The van der Waals surface area contributed by atoms with Gasteiger partial charge < -0.3 is 59.8 Å². The summed E-state index contributed by atoms with van der Waals surface area (Å²) in [6.07, 6.45) is -4.04. The molecule has 2 aromatic carbocycles. The summed E-state index contributed by atoms with van der Waals surface area (Å²) >= 11 is 2.92. The zero-order valence-electron chi connectivity index (χ0n) is 43.0. The third-order valence-electron chi connectivity index (χ3n) is 11.6. The van der Waals surface area contributed by atoms with E-state index in [2.05, 4.69) is 10.6 Å². The van der Waals surface area contributed by atoms with E-state index in [0.717, 1.165) is 31.4 Å². The fourth-order valence-electron chi connectivity index (χ4n) is 7.76. The van der Waals surface area contributed by atoms with Gasteiger partial charge in [-0.15, -0.1) is 0 Å². The molecule has 0 aliphatic carbocycles. The first-order valence-corrected chi connectivity index (χ1v) is 26.1. The number of nitrogens with zero attached hydrogens (tertiary/aromatic N) is 2. The molecule has 10 atom stereocenters. The number of nitrogens with one attached hydrogen (secondary N) is 2. The highest BCUT2D eigenvalue weighted by atomic mass is 32.2. The van der Waals surface area contributed by atoms with Gasteiger partial charge in [0.05, 0.1) is 0 Å². The van der Waals surface area contributed by atoms with Gasteiger partial charge >= 0.3 is 0 Å². The van der Waals surface area contributed by atoms with Crippen LogP contribution in [0.15, 0.2) is 60.7 Å². The van der Waals surface area contributed by atoms with Crippen LogP contribution in [0, 0.1) is 34.1 Å². The lowest BCUT2D eigenvalue weighted by molar-refractivity contribution is -0.334. The Morgan fingerprint density at radius 3 is 1.67 bits per heavy atom. The molecule has 5 rings (SSSR count). The monoisotopic (exact) mass is 1070 g/mol. The molecule has 3 saturated heterocycles. The van der Waals surface area contributed by atoms with Crippen LogP contribution in [0.2, 0.25) is 0 Å². The third kappa shape index (κ3) is 18.6. The van der Waals surface area contributed by atoms with Crippen molar-refractivity contribution in [2.75, 3.05) is 50.3 Å². The molecule has 0 spiro atoms. The first kappa shape index (κ1) is 61.4. The zero-order valence-corrected chi connectivity index (χ0v) is 44.6. The maximum atomic E-state index is 13.7. The number of hydrogen-bond donors (Lipinski definition) is 6. The van der Waals surface area contributed by atoms with Crippen molar-refractivity contribution >= 4 is 47.2 Å². The Kier molecular flexibility index (Phi) is 22.8. The van der Waals surface area contributed by atoms with Gasteiger partial charge in [-0.25, -0.2) is 17.6 Å². The number of rotatable bonds is 16. The minimum Gasteiger partial charge on any atom is -0.387 e. The Hall–Kier alpha value is -4.10. The SMILES string of the molecule is CO[C@@H](C(=O)NC1CSCCN(Cc2ccc(F)c(F)c2)C1=O)[C@@H]1OC(C)(C)O[C@H](/C=C/C(C)(C)C)[C@@H]1O.CO[C@@H](C(=O)NC1CSCCN(Cc2ccc(F)c(F)c2)C1=O)[C@H](O)[C@@H](O)[C@H](O)/C=C/C(C)(C)C. The van der Waals surface area contributed by atoms with E-state index in [-0.39, 0.29) is 35.6 Å². The van der Waals surface area contributed by atoms with E-state index in [4.69, 9.17) is 18.9 Å². The van der Waals surface area contributed by atoms with Gasteiger partial charge in [0.25, 0.3) is 11.8 Å². The van der Waals surface area contributed by atoms with E-state index in [1.807, 2.05) is 47.6 Å². The normalized spacial score (nSPS) is 24.2. The molecule has 3 aliphatic rings. The van der Waals surface area contributed by atoms with Gasteiger partial charge in [0.1, 0.15) is 48.7 Å². The maximum Gasteiger partial charge on any atom is 0.252 e. The average molecular weight is 1070 g/mol. The summed E-state index contributed by atoms with van der Waals surface area (Å²) in [5.41, 5.74) is 0.425. The molecule has 3 heterocycles. The Labute approximate surface area is 433 Å². The predicted octanol–water partition coefficient (Wildman–Crippen LogP) is 4.25. The summed E-state index contributed by atoms with van der Waals surface area (Å²) in [5.74, 6) is -5.49. The lowest BCUT2D eigenvalue weighted by Gasteiger charge is -2.45. The number of aliphatic hydroxyl groups excluding tert-OH is 4. The van der Waals surface area contributed by atoms with E-state index >= 15 is 0 Å². The minimum absolute atomic E-state index is 0.0321. The molecule has 0 saturated carbocycles. The van der Waals surface area contributed by atoms with Gasteiger partial charge in [-0.1, -0.05) is 78.0 Å². The molecule has 16 nitrogen and oxygen atoms in total. The second-order valence-corrected chi connectivity index (χ2v) is 22.9. The first-order chi connectivity index (χ1) is 34.0. The van der Waals surface area contributed by atoms with E-state index in [1.165, 1.54) is 58.6 Å². The zero-order chi connectivity index (χ0) is 54.6. The van der Waals surface area contributed by atoms with Crippen LogP contribution < -0.4 is 10.6 Å². The number of thioether (sulfide) groups is 2. The summed E-state index contributed by atoms with van der Waals surface area (Å²) in [6, 6.07) is 5.06. The molecule has 73 heavy (non-hydrogen) atoms. The minimum atomic E-state index is -1.77. The first-order valence-electron chi connectivity index (χ1n) is 23.8. The number of halogens is 4. The van der Waals surface area contributed by atoms with Crippen LogP contribution in [0.3, 0.4) is 0 Å². The quantitative estimate of drug-likeness (QED) is 0.103. The number of amides is 4. The summed E-state index contributed by atoms with van der Waals surface area (Å²) in [7, 11) is 2.50. The van der Waals surface area contributed by atoms with Crippen LogP contribution >= 0.6 is 23.5 Å². The van der Waals surface area contributed by atoms with Crippen LogP contribution in [-0.2, 0) is 51.2 Å². The van der Waals surface area contributed by atoms with E-state index in [9.17, 15) is 57.2 Å². The number of hydrogen-bond acceptors (Lipinski definition) is 14. The van der Waals surface area contributed by atoms with E-state index in [0.29, 0.717) is 41.5 Å². The highest BCUT2D eigenvalue weighted by molar-refractivity contribution is 7.99. The lowest BCUT2D eigenvalue weighted by Crippen LogP contribution is -2.62. The number of allylic oxidation sites excluding steroid dienone is 2. The van der Waals surface area contributed by atoms with Crippen molar-refractivity contribution in [1.82, 2.24) is 20.4 Å². The van der Waals surface area contributed by atoms with Gasteiger partial charge in [0.15, 0.2) is 41.3 Å². The Bertz CT molecular complexity index is 2250. The van der Waals surface area contributed by atoms with E-state index in [1.54, 1.807) is 26.0 Å². The van der Waals surface area contributed by atoms with Crippen molar-refractivity contribution in [2.24, 2.45) is 10.8 Å². The Balaban J connectivity index is 0.000000318. The largest absolute Gasteiger partial charge is 0.387 e. The topological polar surface area (TPSA) is 217 Å². The highest BCUT2D eigenvalue weighted by Crippen LogP contribution is 2.32. The van der Waals surface area contributed by atoms with Crippen molar-refractivity contribution in [2.45, 2.75) is 135 Å². The summed E-state index contributed by atoms with van der Waals surface area (Å²) in [4.78, 5) is 55.5. The van der Waals surface area contributed by atoms with Crippen LogP contribution in [0.4, 0.5) is 17.6 Å². The predicted molar refractivity (Wildman–Crippen MR) is 269 cm³/mol. The van der Waals surface area contributed by atoms with Gasteiger partial charge in [0.2, 0.25) is 11.8 Å². The Morgan fingerprint density at radius 2 is 1.23 bits per heavy atom. The van der Waals surface area contributed by atoms with Crippen LogP contribution in [0.1, 0.15) is 66.5 Å². The number of ether oxygens (including phenoxy) is 4. The second kappa shape index (κ2) is 27.1. The van der Waals surface area contributed by atoms with Crippen molar-refractivity contribution in [3.63, 3.8) is 0 Å². The number of benzene rings is 2. The summed E-state index contributed by atoms with van der Waals surface area (Å²) in [5, 5.41) is 47.4.